The van der Waals surface area contributed by atoms with Crippen molar-refractivity contribution in [1.82, 2.24) is 10.6 Å². The number of anilines is 2. The molecule has 0 aliphatic heterocycles. The minimum atomic E-state index is -0.182. The molecule has 6 nitrogen and oxygen atoms in total. The number of nitrogens with one attached hydrogen (secondary N) is 4. The molecule has 0 aromatic heterocycles. The largest absolute Gasteiger partial charge is 0.338 e. The molecule has 172 valence electrons. The van der Waals surface area contributed by atoms with Gasteiger partial charge in [0.15, 0.2) is 0 Å². The van der Waals surface area contributed by atoms with Crippen LogP contribution in [0.2, 0.25) is 0 Å². The first-order chi connectivity index (χ1) is 15.1. The van der Waals surface area contributed by atoms with Crippen LogP contribution in [-0.2, 0) is 0 Å². The Morgan fingerprint density at radius 2 is 1.16 bits per heavy atom. The Morgan fingerprint density at radius 3 is 1.50 bits per heavy atom. The van der Waals surface area contributed by atoms with E-state index in [2.05, 4.69) is 49.0 Å². The topological polar surface area (TPSA) is 82.3 Å². The average molecular weight is 437 g/mol. The number of carbonyl (C=O) groups excluding carboxylic acids is 2. The molecule has 0 radical (unpaired) electrons. The Bertz CT molecular complexity index is 922. The van der Waals surface area contributed by atoms with Crippen molar-refractivity contribution in [3.8, 4) is 0 Å². The highest BCUT2D eigenvalue weighted by Gasteiger charge is 2.47. The lowest BCUT2D eigenvalue weighted by atomic mass is 9.54. The summed E-state index contributed by atoms with van der Waals surface area (Å²) in [5.74, 6) is 0.755. The second-order valence-corrected chi connectivity index (χ2v) is 9.72. The third kappa shape index (κ3) is 5.61. The van der Waals surface area contributed by atoms with Crippen LogP contribution in [0.4, 0.5) is 21.0 Å². The average Bonchev–Trinajstić information content (AvgIpc) is 2.72. The lowest BCUT2D eigenvalue weighted by Crippen LogP contribution is -2.54. The van der Waals surface area contributed by atoms with E-state index in [0.717, 1.165) is 28.9 Å². The molecule has 1 aliphatic rings. The molecular weight excluding hydrogens is 400 g/mol. The van der Waals surface area contributed by atoms with Gasteiger partial charge in [-0.2, -0.15) is 0 Å². The van der Waals surface area contributed by atoms with E-state index in [0.29, 0.717) is 24.9 Å². The summed E-state index contributed by atoms with van der Waals surface area (Å²) < 4.78 is 0. The fraction of sp³-hybridized carbons (Fsp3) is 0.462. The molecule has 0 saturated heterocycles. The van der Waals surface area contributed by atoms with E-state index in [1.165, 1.54) is 11.1 Å². The van der Waals surface area contributed by atoms with Crippen molar-refractivity contribution in [2.45, 2.75) is 48.0 Å². The number of hydrogen-bond donors (Lipinski definition) is 4. The maximum Gasteiger partial charge on any atom is 0.319 e. The highest BCUT2D eigenvalue weighted by atomic mass is 16.2. The molecule has 1 fully saturated rings. The molecular formula is C26H36N4O2. The molecule has 4 N–H and O–H groups in total. The smallest absolute Gasteiger partial charge is 0.319 e. The molecule has 4 amide bonds. The van der Waals surface area contributed by atoms with Gasteiger partial charge in [-0.1, -0.05) is 26.0 Å². The minimum absolute atomic E-state index is 0.0431. The monoisotopic (exact) mass is 436 g/mol. The Kier molecular flexibility index (Phi) is 7.12. The van der Waals surface area contributed by atoms with Crippen LogP contribution < -0.4 is 21.3 Å². The van der Waals surface area contributed by atoms with E-state index < -0.39 is 0 Å². The second-order valence-electron chi connectivity index (χ2n) is 9.72. The van der Waals surface area contributed by atoms with Crippen LogP contribution in [0.3, 0.4) is 0 Å². The zero-order chi connectivity index (χ0) is 23.5. The van der Waals surface area contributed by atoms with Gasteiger partial charge in [-0.3, -0.25) is 0 Å². The number of rotatable bonds is 6. The molecule has 3 rings (SSSR count). The van der Waals surface area contributed by atoms with Crippen molar-refractivity contribution in [1.29, 1.82) is 0 Å². The van der Waals surface area contributed by atoms with E-state index in [9.17, 15) is 9.59 Å². The van der Waals surface area contributed by atoms with Gasteiger partial charge < -0.3 is 21.3 Å². The van der Waals surface area contributed by atoms with Crippen LogP contribution in [-0.4, -0.2) is 25.2 Å². The SMILES string of the molecule is Cc1ccc(NC(=O)NC[C@@H]2C[C@@H](CNC(=O)Nc3ccc(C)c(C)c3)C2(C)C)cc1C. The normalized spacial score (nSPS) is 18.9. The summed E-state index contributed by atoms with van der Waals surface area (Å²) in [6.45, 7) is 13.8. The zero-order valence-corrected chi connectivity index (χ0v) is 20.1. The lowest BCUT2D eigenvalue weighted by Gasteiger charge is -2.52. The van der Waals surface area contributed by atoms with Gasteiger partial charge in [-0.15, -0.1) is 0 Å². The van der Waals surface area contributed by atoms with Gasteiger partial charge in [0.25, 0.3) is 0 Å². The first-order valence-electron chi connectivity index (χ1n) is 11.3. The van der Waals surface area contributed by atoms with Crippen LogP contribution in [0.25, 0.3) is 0 Å². The highest BCUT2D eigenvalue weighted by Crippen LogP contribution is 2.50. The Morgan fingerprint density at radius 1 is 0.750 bits per heavy atom. The van der Waals surface area contributed by atoms with Gasteiger partial charge in [0, 0.05) is 24.5 Å². The molecule has 6 heteroatoms. The molecule has 0 spiro atoms. The van der Waals surface area contributed by atoms with Crippen LogP contribution >= 0.6 is 0 Å². The van der Waals surface area contributed by atoms with E-state index in [-0.39, 0.29) is 17.5 Å². The van der Waals surface area contributed by atoms with E-state index >= 15 is 0 Å². The standard InChI is InChI=1S/C26H36N4O2/c1-16-7-9-22(11-18(16)3)29-24(31)27-14-20-13-21(26(20,5)6)15-28-25(32)30-23-10-8-17(2)19(4)12-23/h7-12,20-21H,13-15H2,1-6H3,(H2,27,29,31)(H2,28,30,32)/t20-,21-/m0/s1. The minimum Gasteiger partial charge on any atom is -0.338 e. The quantitative estimate of drug-likeness (QED) is 0.480. The van der Waals surface area contributed by atoms with Gasteiger partial charge in [0.2, 0.25) is 0 Å². The Balaban J connectivity index is 1.41. The van der Waals surface area contributed by atoms with Crippen LogP contribution in [0.15, 0.2) is 36.4 Å². The number of urea groups is 2. The summed E-state index contributed by atoms with van der Waals surface area (Å²) in [6.07, 6.45) is 0.973. The highest BCUT2D eigenvalue weighted by molar-refractivity contribution is 5.90. The van der Waals surface area contributed by atoms with Gasteiger partial charge in [-0.05, 0) is 97.9 Å². The van der Waals surface area contributed by atoms with Crippen LogP contribution in [0, 0.1) is 44.9 Å². The molecule has 32 heavy (non-hydrogen) atoms. The predicted molar refractivity (Wildman–Crippen MR) is 131 cm³/mol. The Labute approximate surface area is 191 Å². The number of amides is 4. The number of benzene rings is 2. The van der Waals surface area contributed by atoms with Crippen molar-refractivity contribution in [3.63, 3.8) is 0 Å². The van der Waals surface area contributed by atoms with Gasteiger partial charge >= 0.3 is 12.1 Å². The van der Waals surface area contributed by atoms with E-state index in [1.807, 2.05) is 50.2 Å². The van der Waals surface area contributed by atoms with Crippen molar-refractivity contribution in [2.75, 3.05) is 23.7 Å². The van der Waals surface area contributed by atoms with Crippen molar-refractivity contribution in [2.24, 2.45) is 17.3 Å². The summed E-state index contributed by atoms with van der Waals surface area (Å²) in [7, 11) is 0. The third-order valence-corrected chi connectivity index (χ3v) is 7.22. The summed E-state index contributed by atoms with van der Waals surface area (Å²) in [5.41, 5.74) is 6.36. The van der Waals surface area contributed by atoms with E-state index in [4.69, 9.17) is 0 Å². The fourth-order valence-electron chi connectivity index (χ4n) is 4.24. The lowest BCUT2D eigenvalue weighted by molar-refractivity contribution is -0.0142. The second kappa shape index (κ2) is 9.63. The zero-order valence-electron chi connectivity index (χ0n) is 20.1. The molecule has 0 heterocycles. The predicted octanol–water partition coefficient (Wildman–Crippen LogP) is 5.53. The van der Waals surface area contributed by atoms with Gasteiger partial charge in [0.05, 0.1) is 0 Å². The third-order valence-electron chi connectivity index (χ3n) is 7.22. The van der Waals surface area contributed by atoms with Crippen molar-refractivity contribution >= 4 is 23.4 Å². The van der Waals surface area contributed by atoms with Gasteiger partial charge in [-0.25, -0.2) is 9.59 Å². The van der Waals surface area contributed by atoms with Crippen molar-refractivity contribution < 1.29 is 9.59 Å². The molecule has 1 saturated carbocycles. The first kappa shape index (κ1) is 23.6. The fourth-order valence-corrected chi connectivity index (χ4v) is 4.24. The summed E-state index contributed by atoms with van der Waals surface area (Å²) in [4.78, 5) is 24.6. The first-order valence-corrected chi connectivity index (χ1v) is 11.3. The summed E-state index contributed by atoms with van der Waals surface area (Å²) in [6, 6.07) is 11.4. The number of aryl methyl sites for hydroxylation is 4. The molecule has 2 aromatic carbocycles. The van der Waals surface area contributed by atoms with Crippen LogP contribution in [0.5, 0.6) is 0 Å². The molecule has 0 bridgehead atoms. The molecule has 0 unspecified atom stereocenters. The molecule has 2 atom stereocenters. The molecule has 1 aliphatic carbocycles. The van der Waals surface area contributed by atoms with E-state index in [1.54, 1.807) is 0 Å². The number of hydrogen-bond acceptors (Lipinski definition) is 2. The number of carbonyl (C=O) groups is 2. The summed E-state index contributed by atoms with van der Waals surface area (Å²) in [5, 5.41) is 11.8. The van der Waals surface area contributed by atoms with Gasteiger partial charge in [0.1, 0.15) is 0 Å². The molecule has 2 aromatic rings. The Hall–Kier alpha value is -3.02. The summed E-state index contributed by atoms with van der Waals surface area (Å²) >= 11 is 0. The van der Waals surface area contributed by atoms with Crippen LogP contribution in [0.1, 0.15) is 42.5 Å². The maximum atomic E-state index is 12.3. The maximum absolute atomic E-state index is 12.3. The van der Waals surface area contributed by atoms with Crippen molar-refractivity contribution in [3.05, 3.63) is 58.7 Å².